The summed E-state index contributed by atoms with van der Waals surface area (Å²) in [7, 11) is 0. The van der Waals surface area contributed by atoms with Crippen molar-refractivity contribution in [3.8, 4) is 11.5 Å². The lowest BCUT2D eigenvalue weighted by Crippen LogP contribution is -2.09. The van der Waals surface area contributed by atoms with Gasteiger partial charge in [0, 0.05) is 11.6 Å². The minimum Gasteiger partial charge on any atom is -0.457 e. The Labute approximate surface area is 118 Å². The van der Waals surface area contributed by atoms with E-state index in [1.807, 2.05) is 0 Å². The lowest BCUT2D eigenvalue weighted by Gasteiger charge is -2.15. The maximum Gasteiger partial charge on any atom is 0.419 e. The van der Waals surface area contributed by atoms with Gasteiger partial charge in [0.1, 0.15) is 11.5 Å². The van der Waals surface area contributed by atoms with E-state index < -0.39 is 11.7 Å². The average Bonchev–Trinajstić information content (AvgIpc) is 2.38. The molecule has 0 amide bonds. The maximum atomic E-state index is 13.0. The Morgan fingerprint density at radius 3 is 2.45 bits per heavy atom. The van der Waals surface area contributed by atoms with Crippen LogP contribution in [0.5, 0.6) is 11.5 Å². The van der Waals surface area contributed by atoms with Crippen molar-refractivity contribution in [2.75, 3.05) is 0 Å². The Kier molecular flexibility index (Phi) is 4.20. The van der Waals surface area contributed by atoms with Crippen LogP contribution in [0.2, 0.25) is 5.02 Å². The van der Waals surface area contributed by atoms with Gasteiger partial charge in [-0.05, 0) is 35.9 Å². The van der Waals surface area contributed by atoms with E-state index in [1.165, 1.54) is 24.3 Å². The zero-order valence-corrected chi connectivity index (χ0v) is 11.0. The molecule has 0 aromatic heterocycles. The van der Waals surface area contributed by atoms with Crippen molar-refractivity contribution in [3.63, 3.8) is 0 Å². The summed E-state index contributed by atoms with van der Waals surface area (Å²) in [6.07, 6.45) is -4.51. The van der Waals surface area contributed by atoms with Gasteiger partial charge >= 0.3 is 6.18 Å². The van der Waals surface area contributed by atoms with Crippen molar-refractivity contribution in [2.45, 2.75) is 12.7 Å². The fourth-order valence-electron chi connectivity index (χ4n) is 1.67. The summed E-state index contributed by atoms with van der Waals surface area (Å²) < 4.78 is 44.3. The second-order valence-corrected chi connectivity index (χ2v) is 4.53. The van der Waals surface area contributed by atoms with Gasteiger partial charge < -0.3 is 10.5 Å². The third-order valence-corrected chi connectivity index (χ3v) is 2.84. The summed E-state index contributed by atoms with van der Waals surface area (Å²) in [5.41, 5.74) is 4.88. The van der Waals surface area contributed by atoms with Crippen molar-refractivity contribution >= 4 is 11.6 Å². The molecule has 6 heteroatoms. The first-order chi connectivity index (χ1) is 9.40. The summed E-state index contributed by atoms with van der Waals surface area (Å²) >= 11 is 5.77. The van der Waals surface area contributed by atoms with Crippen LogP contribution in [0.1, 0.15) is 11.1 Å². The molecule has 0 atom stereocenters. The molecule has 0 saturated carbocycles. The predicted molar refractivity (Wildman–Crippen MR) is 70.9 cm³/mol. The van der Waals surface area contributed by atoms with Gasteiger partial charge in [0.2, 0.25) is 0 Å². The van der Waals surface area contributed by atoms with Gasteiger partial charge in [0.05, 0.1) is 5.56 Å². The van der Waals surface area contributed by atoms with Crippen LogP contribution in [0.15, 0.2) is 42.5 Å². The maximum absolute atomic E-state index is 13.0. The minimum absolute atomic E-state index is 0.0283. The van der Waals surface area contributed by atoms with E-state index >= 15 is 0 Å². The molecular weight excluding hydrogens is 291 g/mol. The number of ether oxygens (including phenoxy) is 1. The molecular formula is C14H11ClF3NO. The fraction of sp³-hybridized carbons (Fsp3) is 0.143. The van der Waals surface area contributed by atoms with Crippen molar-refractivity contribution in [1.82, 2.24) is 0 Å². The lowest BCUT2D eigenvalue weighted by molar-refractivity contribution is -0.138. The number of hydrogen-bond acceptors (Lipinski definition) is 2. The quantitative estimate of drug-likeness (QED) is 0.898. The molecule has 0 heterocycles. The topological polar surface area (TPSA) is 35.2 Å². The van der Waals surface area contributed by atoms with Crippen LogP contribution in [-0.2, 0) is 12.7 Å². The molecule has 0 saturated heterocycles. The van der Waals surface area contributed by atoms with Crippen molar-refractivity contribution in [2.24, 2.45) is 5.73 Å². The van der Waals surface area contributed by atoms with E-state index in [2.05, 4.69) is 0 Å². The first-order valence-corrected chi connectivity index (χ1v) is 6.11. The summed E-state index contributed by atoms with van der Waals surface area (Å²) in [6, 6.07) is 9.91. The molecule has 20 heavy (non-hydrogen) atoms. The van der Waals surface area contributed by atoms with Crippen molar-refractivity contribution in [3.05, 3.63) is 58.6 Å². The molecule has 0 bridgehead atoms. The Morgan fingerprint density at radius 2 is 1.85 bits per heavy atom. The zero-order valence-electron chi connectivity index (χ0n) is 10.2. The third-order valence-electron chi connectivity index (χ3n) is 2.61. The lowest BCUT2D eigenvalue weighted by atomic mass is 10.1. The molecule has 2 N–H and O–H groups in total. The van der Waals surface area contributed by atoms with E-state index in [4.69, 9.17) is 22.1 Å². The van der Waals surface area contributed by atoms with E-state index in [1.54, 1.807) is 12.1 Å². The number of alkyl halides is 3. The van der Waals surface area contributed by atoms with Gasteiger partial charge in [0.25, 0.3) is 0 Å². The zero-order chi connectivity index (χ0) is 14.8. The highest BCUT2D eigenvalue weighted by atomic mass is 35.5. The van der Waals surface area contributed by atoms with Crippen molar-refractivity contribution < 1.29 is 17.9 Å². The highest BCUT2D eigenvalue weighted by molar-refractivity contribution is 6.30. The molecule has 2 aromatic carbocycles. The molecule has 2 nitrogen and oxygen atoms in total. The largest absolute Gasteiger partial charge is 0.457 e. The number of benzene rings is 2. The van der Waals surface area contributed by atoms with Crippen LogP contribution in [0.3, 0.4) is 0 Å². The van der Waals surface area contributed by atoms with Crippen LogP contribution in [0, 0.1) is 0 Å². The van der Waals surface area contributed by atoms with Crippen LogP contribution >= 0.6 is 11.6 Å². The Morgan fingerprint density at radius 1 is 1.10 bits per heavy atom. The van der Waals surface area contributed by atoms with Crippen LogP contribution in [0.4, 0.5) is 13.2 Å². The van der Waals surface area contributed by atoms with Crippen LogP contribution in [0.25, 0.3) is 0 Å². The molecule has 0 aliphatic rings. The van der Waals surface area contributed by atoms with E-state index in [0.717, 1.165) is 6.07 Å². The first-order valence-electron chi connectivity index (χ1n) is 5.74. The molecule has 0 radical (unpaired) electrons. The SMILES string of the molecule is NCc1ccc(Oc2cccc(Cl)c2)c(C(F)(F)F)c1. The van der Waals surface area contributed by atoms with E-state index in [-0.39, 0.29) is 18.0 Å². The summed E-state index contributed by atoms with van der Waals surface area (Å²) in [6.45, 7) is 0.0283. The standard InChI is InChI=1S/C14H11ClF3NO/c15-10-2-1-3-11(7-10)20-13-5-4-9(8-19)6-12(13)14(16,17)18/h1-7H,8,19H2. The second-order valence-electron chi connectivity index (χ2n) is 4.09. The van der Waals surface area contributed by atoms with Gasteiger partial charge in [-0.15, -0.1) is 0 Å². The summed E-state index contributed by atoms with van der Waals surface area (Å²) in [4.78, 5) is 0. The van der Waals surface area contributed by atoms with Gasteiger partial charge in [-0.1, -0.05) is 23.7 Å². The second kappa shape index (κ2) is 5.73. The molecule has 106 valence electrons. The number of rotatable bonds is 3. The van der Waals surface area contributed by atoms with E-state index in [9.17, 15) is 13.2 Å². The molecule has 2 aromatic rings. The number of halogens is 4. The smallest absolute Gasteiger partial charge is 0.419 e. The highest BCUT2D eigenvalue weighted by Gasteiger charge is 2.34. The van der Waals surface area contributed by atoms with Crippen LogP contribution in [-0.4, -0.2) is 0 Å². The Bertz CT molecular complexity index is 614. The first kappa shape index (κ1) is 14.7. The fourth-order valence-corrected chi connectivity index (χ4v) is 1.85. The highest BCUT2D eigenvalue weighted by Crippen LogP contribution is 2.38. The minimum atomic E-state index is -4.51. The average molecular weight is 302 g/mol. The summed E-state index contributed by atoms with van der Waals surface area (Å²) in [5, 5.41) is 0.384. The molecule has 0 aliphatic carbocycles. The normalized spacial score (nSPS) is 11.4. The Hall–Kier alpha value is -1.72. The Balaban J connectivity index is 2.41. The van der Waals surface area contributed by atoms with Crippen molar-refractivity contribution in [1.29, 1.82) is 0 Å². The van der Waals surface area contributed by atoms with Gasteiger partial charge in [-0.2, -0.15) is 13.2 Å². The van der Waals surface area contributed by atoms with Gasteiger partial charge in [0.15, 0.2) is 0 Å². The monoisotopic (exact) mass is 301 g/mol. The molecule has 0 spiro atoms. The number of nitrogens with two attached hydrogens (primary N) is 1. The summed E-state index contributed by atoms with van der Waals surface area (Å²) in [5.74, 6) is -0.0412. The molecule has 0 aliphatic heterocycles. The number of hydrogen-bond donors (Lipinski definition) is 1. The van der Waals surface area contributed by atoms with Gasteiger partial charge in [-0.25, -0.2) is 0 Å². The third kappa shape index (κ3) is 3.43. The molecule has 0 fully saturated rings. The van der Waals surface area contributed by atoms with E-state index in [0.29, 0.717) is 10.6 Å². The molecule has 2 rings (SSSR count). The predicted octanol–water partition coefficient (Wildman–Crippen LogP) is 4.61. The van der Waals surface area contributed by atoms with Gasteiger partial charge in [-0.3, -0.25) is 0 Å². The molecule has 0 unspecified atom stereocenters. The van der Waals surface area contributed by atoms with Crippen LogP contribution < -0.4 is 10.5 Å².